The summed E-state index contributed by atoms with van der Waals surface area (Å²) in [5.41, 5.74) is 2.57. The van der Waals surface area contributed by atoms with Crippen LogP contribution in [0.2, 0.25) is 0 Å². The van der Waals surface area contributed by atoms with Gasteiger partial charge in [-0.1, -0.05) is 30.3 Å². The number of likely N-dealkylation sites (tertiary alicyclic amines) is 1. The van der Waals surface area contributed by atoms with Crippen molar-refractivity contribution >= 4 is 17.6 Å². The summed E-state index contributed by atoms with van der Waals surface area (Å²) < 4.78 is 5.64. The highest BCUT2D eigenvalue weighted by molar-refractivity contribution is 5.94. The first-order chi connectivity index (χ1) is 16.0. The first-order valence-electron chi connectivity index (χ1n) is 12.1. The maximum absolute atomic E-state index is 14.0. The molecule has 1 unspecified atom stereocenters. The van der Waals surface area contributed by atoms with Gasteiger partial charge in [-0.15, -0.1) is 0 Å². The number of aryl methyl sites for hydroxylation is 1. The van der Waals surface area contributed by atoms with Crippen LogP contribution in [0.15, 0.2) is 30.3 Å². The summed E-state index contributed by atoms with van der Waals surface area (Å²) in [5.74, 6) is 1.86. The minimum Gasteiger partial charge on any atom is -0.381 e. The number of piperidine rings is 1. The SMILES string of the molecule is Cc1nc(C2CCCN(C(=O)C3(c4ccccc4)CCOCC3)C2)nc2c1CCC(=O)N2C. The molecule has 7 nitrogen and oxygen atoms in total. The summed E-state index contributed by atoms with van der Waals surface area (Å²) >= 11 is 0. The van der Waals surface area contributed by atoms with Gasteiger partial charge in [0.2, 0.25) is 11.8 Å². The van der Waals surface area contributed by atoms with Crippen molar-refractivity contribution in [3.63, 3.8) is 0 Å². The van der Waals surface area contributed by atoms with Crippen LogP contribution in [0.4, 0.5) is 5.82 Å². The molecule has 3 aliphatic rings. The van der Waals surface area contributed by atoms with Crippen molar-refractivity contribution in [2.24, 2.45) is 0 Å². The van der Waals surface area contributed by atoms with E-state index in [1.54, 1.807) is 11.9 Å². The molecule has 2 amide bonds. The Morgan fingerprint density at radius 3 is 2.64 bits per heavy atom. The summed E-state index contributed by atoms with van der Waals surface area (Å²) in [6, 6.07) is 10.2. The van der Waals surface area contributed by atoms with Crippen molar-refractivity contribution in [3.05, 3.63) is 53.0 Å². The zero-order chi connectivity index (χ0) is 23.0. The number of amides is 2. The number of carbonyl (C=O) groups is 2. The fourth-order valence-electron chi connectivity index (χ4n) is 5.65. The molecule has 1 aromatic carbocycles. The maximum atomic E-state index is 14.0. The first kappa shape index (κ1) is 22.0. The van der Waals surface area contributed by atoms with Crippen LogP contribution >= 0.6 is 0 Å². The van der Waals surface area contributed by atoms with Gasteiger partial charge in [-0.3, -0.25) is 14.5 Å². The lowest BCUT2D eigenvalue weighted by molar-refractivity contribution is -0.142. The van der Waals surface area contributed by atoms with Crippen molar-refractivity contribution in [2.45, 2.75) is 56.8 Å². The normalized spacial score (nSPS) is 22.7. The average Bonchev–Trinajstić information content (AvgIpc) is 2.87. The van der Waals surface area contributed by atoms with E-state index in [4.69, 9.17) is 14.7 Å². The number of benzene rings is 1. The second kappa shape index (κ2) is 8.86. The monoisotopic (exact) mass is 448 g/mol. The van der Waals surface area contributed by atoms with Gasteiger partial charge in [-0.25, -0.2) is 9.97 Å². The highest BCUT2D eigenvalue weighted by atomic mass is 16.5. The molecule has 7 heteroatoms. The fraction of sp³-hybridized carbons (Fsp3) is 0.538. The Hall–Kier alpha value is -2.80. The summed E-state index contributed by atoms with van der Waals surface area (Å²) in [6.45, 7) is 4.58. The molecule has 0 N–H and O–H groups in total. The Bertz CT molecular complexity index is 1050. The number of fused-ring (bicyclic) bond motifs is 1. The predicted molar refractivity (Wildman–Crippen MR) is 125 cm³/mol. The number of carbonyl (C=O) groups excluding carboxylic acids is 2. The average molecular weight is 449 g/mol. The summed E-state index contributed by atoms with van der Waals surface area (Å²) in [5, 5.41) is 0. The van der Waals surface area contributed by atoms with Gasteiger partial charge in [-0.05, 0) is 44.6 Å². The van der Waals surface area contributed by atoms with Crippen LogP contribution in [0, 0.1) is 6.92 Å². The molecule has 174 valence electrons. The molecule has 5 rings (SSSR count). The van der Waals surface area contributed by atoms with Crippen molar-refractivity contribution in [1.29, 1.82) is 0 Å². The van der Waals surface area contributed by atoms with Crippen LogP contribution < -0.4 is 4.90 Å². The van der Waals surface area contributed by atoms with Crippen molar-refractivity contribution in [3.8, 4) is 0 Å². The third kappa shape index (κ3) is 3.92. The summed E-state index contributed by atoms with van der Waals surface area (Å²) in [4.78, 5) is 39.6. The van der Waals surface area contributed by atoms with E-state index >= 15 is 0 Å². The van der Waals surface area contributed by atoms with Gasteiger partial charge in [0.1, 0.15) is 11.6 Å². The van der Waals surface area contributed by atoms with E-state index in [0.29, 0.717) is 45.4 Å². The highest BCUT2D eigenvalue weighted by Gasteiger charge is 2.45. The molecule has 3 aliphatic heterocycles. The molecule has 4 heterocycles. The molecule has 2 saturated heterocycles. The fourth-order valence-corrected chi connectivity index (χ4v) is 5.65. The predicted octanol–water partition coefficient (Wildman–Crippen LogP) is 3.15. The van der Waals surface area contributed by atoms with Gasteiger partial charge >= 0.3 is 0 Å². The number of hydrogen-bond acceptors (Lipinski definition) is 5. The Kier molecular flexibility index (Phi) is 5.91. The highest BCUT2D eigenvalue weighted by Crippen LogP contribution is 2.39. The van der Waals surface area contributed by atoms with Gasteiger partial charge in [0.05, 0.1) is 5.41 Å². The molecule has 0 bridgehead atoms. The Labute approximate surface area is 195 Å². The second-order valence-corrected chi connectivity index (χ2v) is 9.57. The number of rotatable bonds is 3. The van der Waals surface area contributed by atoms with Crippen molar-refractivity contribution < 1.29 is 14.3 Å². The molecule has 2 fully saturated rings. The zero-order valence-electron chi connectivity index (χ0n) is 19.5. The standard InChI is InChI=1S/C26H32N4O3/c1-18-21-10-11-22(31)29(2)24(21)28-23(27-18)19-7-6-14-30(17-19)25(32)26(12-15-33-16-13-26)20-8-4-3-5-9-20/h3-5,8-9,19H,6-7,10-17H2,1-2H3. The molecule has 0 aliphatic carbocycles. The maximum Gasteiger partial charge on any atom is 0.233 e. The van der Waals surface area contributed by atoms with Crippen LogP contribution in [0.1, 0.15) is 60.7 Å². The van der Waals surface area contributed by atoms with Gasteiger partial charge in [0, 0.05) is 56.9 Å². The molecule has 0 saturated carbocycles. The van der Waals surface area contributed by atoms with Gasteiger partial charge < -0.3 is 9.64 Å². The first-order valence-corrected chi connectivity index (χ1v) is 12.1. The molecule has 33 heavy (non-hydrogen) atoms. The van der Waals surface area contributed by atoms with E-state index in [2.05, 4.69) is 12.1 Å². The smallest absolute Gasteiger partial charge is 0.233 e. The zero-order valence-corrected chi connectivity index (χ0v) is 19.5. The van der Waals surface area contributed by atoms with Gasteiger partial charge in [0.15, 0.2) is 0 Å². The van der Waals surface area contributed by atoms with Crippen LogP contribution in [-0.2, 0) is 26.2 Å². The molecule has 0 spiro atoms. The molecule has 1 atom stereocenters. The third-order valence-electron chi connectivity index (χ3n) is 7.65. The Morgan fingerprint density at radius 1 is 1.12 bits per heavy atom. The quantitative estimate of drug-likeness (QED) is 0.721. The lowest BCUT2D eigenvalue weighted by Gasteiger charge is -2.42. The molecule has 0 radical (unpaired) electrons. The number of ether oxygens (including phenoxy) is 1. The number of anilines is 1. The van der Waals surface area contributed by atoms with Gasteiger partial charge in [0.25, 0.3) is 0 Å². The van der Waals surface area contributed by atoms with Crippen LogP contribution in [0.25, 0.3) is 0 Å². The van der Waals surface area contributed by atoms with E-state index in [-0.39, 0.29) is 17.7 Å². The minimum atomic E-state index is -0.527. The van der Waals surface area contributed by atoms with Crippen molar-refractivity contribution in [1.82, 2.24) is 14.9 Å². The number of nitrogens with zero attached hydrogens (tertiary/aromatic N) is 4. The minimum absolute atomic E-state index is 0.0739. The van der Waals surface area contributed by atoms with Gasteiger partial charge in [-0.2, -0.15) is 0 Å². The lowest BCUT2D eigenvalue weighted by atomic mass is 9.72. The van der Waals surface area contributed by atoms with E-state index in [9.17, 15) is 9.59 Å². The molecular formula is C26H32N4O3. The number of hydrogen-bond donors (Lipinski definition) is 0. The van der Waals surface area contributed by atoms with Crippen LogP contribution in [0.3, 0.4) is 0 Å². The van der Waals surface area contributed by atoms with Crippen LogP contribution in [0.5, 0.6) is 0 Å². The van der Waals surface area contributed by atoms with E-state index in [1.165, 1.54) is 0 Å². The third-order valence-corrected chi connectivity index (χ3v) is 7.65. The molecular weight excluding hydrogens is 416 g/mol. The number of aromatic nitrogens is 2. The molecule has 2 aromatic rings. The lowest BCUT2D eigenvalue weighted by Crippen LogP contribution is -2.52. The summed E-state index contributed by atoms with van der Waals surface area (Å²) in [7, 11) is 1.79. The second-order valence-electron chi connectivity index (χ2n) is 9.57. The van der Waals surface area contributed by atoms with Crippen LogP contribution in [-0.4, -0.2) is 60.0 Å². The van der Waals surface area contributed by atoms with E-state index < -0.39 is 5.41 Å². The van der Waals surface area contributed by atoms with Crippen molar-refractivity contribution in [2.75, 3.05) is 38.3 Å². The topological polar surface area (TPSA) is 75.6 Å². The summed E-state index contributed by atoms with van der Waals surface area (Å²) in [6.07, 6.45) is 4.48. The van der Waals surface area contributed by atoms with E-state index in [1.807, 2.05) is 30.0 Å². The Morgan fingerprint density at radius 2 is 1.88 bits per heavy atom. The molecule has 1 aromatic heterocycles. The Balaban J connectivity index is 1.43. The largest absolute Gasteiger partial charge is 0.381 e. The van der Waals surface area contributed by atoms with E-state index in [0.717, 1.165) is 47.8 Å².